The number of rotatable bonds is 5. The Balaban J connectivity index is 2.05. The third kappa shape index (κ3) is 3.50. The molecule has 0 unspecified atom stereocenters. The molecule has 0 aromatic heterocycles. The molecule has 1 aromatic rings. The molecular weight excluding hydrogens is 264 g/mol. The van der Waals surface area contributed by atoms with E-state index in [9.17, 15) is 9.59 Å². The van der Waals surface area contributed by atoms with E-state index < -0.39 is 5.91 Å². The zero-order chi connectivity index (χ0) is 15.6. The van der Waals surface area contributed by atoms with E-state index in [0.29, 0.717) is 12.1 Å². The maximum absolute atomic E-state index is 12.1. The molecule has 2 rings (SSSR count). The quantitative estimate of drug-likeness (QED) is 0.669. The highest BCUT2D eigenvalue weighted by Gasteiger charge is 2.35. The number of carbonyl (C=O) groups is 2. The van der Waals surface area contributed by atoms with Crippen molar-refractivity contribution < 1.29 is 9.59 Å². The van der Waals surface area contributed by atoms with Crippen LogP contribution in [0.5, 0.6) is 0 Å². The minimum absolute atomic E-state index is 0.0682. The number of Topliss-reactive ketones (excluding diaryl/α,β-unsaturated/α-hetero) is 1. The molecule has 4 heteroatoms. The van der Waals surface area contributed by atoms with Crippen LogP contribution in [0.15, 0.2) is 18.2 Å². The maximum Gasteiger partial charge on any atom is 0.299 e. The summed E-state index contributed by atoms with van der Waals surface area (Å²) < 4.78 is 0. The van der Waals surface area contributed by atoms with Gasteiger partial charge in [0.2, 0.25) is 0 Å². The molecule has 1 heterocycles. The van der Waals surface area contributed by atoms with E-state index in [2.05, 4.69) is 26.1 Å². The van der Waals surface area contributed by atoms with Gasteiger partial charge in [-0.15, -0.1) is 0 Å². The van der Waals surface area contributed by atoms with Gasteiger partial charge in [-0.2, -0.15) is 0 Å². The molecule has 21 heavy (non-hydrogen) atoms. The van der Waals surface area contributed by atoms with Crippen molar-refractivity contribution in [2.75, 3.05) is 18.0 Å². The van der Waals surface area contributed by atoms with E-state index in [1.165, 1.54) is 0 Å². The Hall–Kier alpha value is -1.68. The van der Waals surface area contributed by atoms with Crippen molar-refractivity contribution in [3.8, 4) is 0 Å². The Morgan fingerprint density at radius 2 is 1.90 bits per heavy atom. The van der Waals surface area contributed by atoms with Crippen molar-refractivity contribution in [3.63, 3.8) is 0 Å². The van der Waals surface area contributed by atoms with Crippen molar-refractivity contribution in [1.82, 2.24) is 5.32 Å². The van der Waals surface area contributed by atoms with E-state index in [4.69, 9.17) is 0 Å². The van der Waals surface area contributed by atoms with Gasteiger partial charge in [0.1, 0.15) is 0 Å². The van der Waals surface area contributed by atoms with Gasteiger partial charge in [0, 0.05) is 12.1 Å². The second-order valence-electron chi connectivity index (χ2n) is 6.52. The van der Waals surface area contributed by atoms with Gasteiger partial charge in [0.25, 0.3) is 11.7 Å². The average molecular weight is 288 g/mol. The standard InChI is InChI=1S/C17H24N2O2/c1-5-12-7-8-14-13(11-12)15(20)16(21)19(14)10-6-9-18-17(2,3)4/h7-8,11,18H,5-6,9-10H2,1-4H3. The van der Waals surface area contributed by atoms with Crippen molar-refractivity contribution in [2.45, 2.75) is 46.1 Å². The minimum atomic E-state index is -0.394. The Kier molecular flexibility index (Phi) is 4.47. The summed E-state index contributed by atoms with van der Waals surface area (Å²) in [6.07, 6.45) is 1.69. The highest BCUT2D eigenvalue weighted by Crippen LogP contribution is 2.30. The lowest BCUT2D eigenvalue weighted by Gasteiger charge is -2.22. The molecule has 1 amide bonds. The minimum Gasteiger partial charge on any atom is -0.312 e. The zero-order valence-corrected chi connectivity index (χ0v) is 13.3. The van der Waals surface area contributed by atoms with Crippen LogP contribution < -0.4 is 10.2 Å². The predicted octanol–water partition coefficient (Wildman–Crippen LogP) is 2.56. The summed E-state index contributed by atoms with van der Waals surface area (Å²) in [4.78, 5) is 25.8. The van der Waals surface area contributed by atoms with Crippen LogP contribution in [0.2, 0.25) is 0 Å². The lowest BCUT2D eigenvalue weighted by molar-refractivity contribution is -0.114. The van der Waals surface area contributed by atoms with Crippen molar-refractivity contribution in [3.05, 3.63) is 29.3 Å². The van der Waals surface area contributed by atoms with Gasteiger partial charge in [0.15, 0.2) is 0 Å². The molecule has 114 valence electrons. The third-order valence-corrected chi connectivity index (χ3v) is 3.66. The summed E-state index contributed by atoms with van der Waals surface area (Å²) in [5.74, 6) is -0.766. The van der Waals surface area contributed by atoms with Gasteiger partial charge < -0.3 is 10.2 Å². The fraction of sp³-hybridized carbons (Fsp3) is 0.529. The lowest BCUT2D eigenvalue weighted by Crippen LogP contribution is -2.38. The number of benzene rings is 1. The Bertz CT molecular complexity index is 558. The fourth-order valence-corrected chi connectivity index (χ4v) is 2.49. The van der Waals surface area contributed by atoms with Gasteiger partial charge in [-0.05, 0) is 57.9 Å². The van der Waals surface area contributed by atoms with Crippen LogP contribution in [0.3, 0.4) is 0 Å². The van der Waals surface area contributed by atoms with Crippen LogP contribution >= 0.6 is 0 Å². The Labute approximate surface area is 126 Å². The molecule has 0 spiro atoms. The zero-order valence-electron chi connectivity index (χ0n) is 13.3. The summed E-state index contributed by atoms with van der Waals surface area (Å²) in [6.45, 7) is 9.77. The SMILES string of the molecule is CCc1ccc2c(c1)C(=O)C(=O)N2CCCNC(C)(C)C. The van der Waals surface area contributed by atoms with Crippen LogP contribution in [0, 0.1) is 0 Å². The average Bonchev–Trinajstić information content (AvgIpc) is 2.66. The number of carbonyl (C=O) groups excluding carboxylic acids is 2. The van der Waals surface area contributed by atoms with Crippen LogP contribution in [0.4, 0.5) is 5.69 Å². The second kappa shape index (κ2) is 5.98. The fourth-order valence-electron chi connectivity index (χ4n) is 2.49. The number of ketones is 1. The van der Waals surface area contributed by atoms with Crippen LogP contribution in [0.25, 0.3) is 0 Å². The topological polar surface area (TPSA) is 49.4 Å². The van der Waals surface area contributed by atoms with Crippen LogP contribution in [0.1, 0.15) is 50.0 Å². The summed E-state index contributed by atoms with van der Waals surface area (Å²) >= 11 is 0. The first-order chi connectivity index (χ1) is 9.83. The molecule has 1 N–H and O–H groups in total. The normalized spacial score (nSPS) is 14.8. The first-order valence-electron chi connectivity index (χ1n) is 7.57. The van der Waals surface area contributed by atoms with Gasteiger partial charge in [-0.3, -0.25) is 9.59 Å². The molecule has 1 aliphatic heterocycles. The first kappa shape index (κ1) is 15.7. The molecular formula is C17H24N2O2. The van der Waals surface area contributed by atoms with Crippen molar-refractivity contribution in [1.29, 1.82) is 0 Å². The lowest BCUT2D eigenvalue weighted by atomic mass is 10.1. The predicted molar refractivity (Wildman–Crippen MR) is 84.9 cm³/mol. The van der Waals surface area contributed by atoms with Gasteiger partial charge in [0.05, 0.1) is 11.3 Å². The highest BCUT2D eigenvalue weighted by molar-refractivity contribution is 6.52. The maximum atomic E-state index is 12.1. The number of hydrogen-bond donors (Lipinski definition) is 1. The molecule has 0 atom stereocenters. The molecule has 1 aliphatic rings. The Morgan fingerprint density at radius 1 is 1.19 bits per heavy atom. The molecule has 4 nitrogen and oxygen atoms in total. The monoisotopic (exact) mass is 288 g/mol. The number of nitrogens with one attached hydrogen (secondary N) is 1. The van der Waals surface area contributed by atoms with Crippen molar-refractivity contribution >= 4 is 17.4 Å². The molecule has 0 radical (unpaired) electrons. The summed E-state index contributed by atoms with van der Waals surface area (Å²) in [5.41, 5.74) is 2.48. The second-order valence-corrected chi connectivity index (χ2v) is 6.52. The number of amides is 1. The van der Waals surface area contributed by atoms with Gasteiger partial charge in [-0.1, -0.05) is 13.0 Å². The van der Waals surface area contributed by atoms with E-state index >= 15 is 0 Å². The number of fused-ring (bicyclic) bond motifs is 1. The molecule has 1 aromatic carbocycles. The molecule has 0 saturated carbocycles. The Morgan fingerprint density at radius 3 is 2.52 bits per heavy atom. The number of aryl methyl sites for hydroxylation is 1. The van der Waals surface area contributed by atoms with Crippen LogP contribution in [-0.2, 0) is 11.2 Å². The summed E-state index contributed by atoms with van der Waals surface area (Å²) in [6, 6.07) is 5.74. The molecule has 0 fully saturated rings. The van der Waals surface area contributed by atoms with Crippen LogP contribution in [-0.4, -0.2) is 30.3 Å². The summed E-state index contributed by atoms with van der Waals surface area (Å²) in [7, 11) is 0. The highest BCUT2D eigenvalue weighted by atomic mass is 16.2. The van der Waals surface area contributed by atoms with E-state index in [0.717, 1.165) is 30.6 Å². The van der Waals surface area contributed by atoms with Crippen molar-refractivity contribution in [2.24, 2.45) is 0 Å². The molecule has 0 aliphatic carbocycles. The molecule has 0 saturated heterocycles. The number of hydrogen-bond acceptors (Lipinski definition) is 3. The number of nitrogens with zero attached hydrogens (tertiary/aromatic N) is 1. The number of anilines is 1. The first-order valence-corrected chi connectivity index (χ1v) is 7.57. The van der Waals surface area contributed by atoms with E-state index in [-0.39, 0.29) is 11.3 Å². The third-order valence-electron chi connectivity index (χ3n) is 3.66. The van der Waals surface area contributed by atoms with E-state index in [1.807, 2.05) is 25.1 Å². The molecule has 0 bridgehead atoms. The van der Waals surface area contributed by atoms with Gasteiger partial charge in [-0.25, -0.2) is 0 Å². The smallest absolute Gasteiger partial charge is 0.299 e. The van der Waals surface area contributed by atoms with E-state index in [1.54, 1.807) is 4.90 Å². The summed E-state index contributed by atoms with van der Waals surface area (Å²) in [5, 5.41) is 3.39. The largest absolute Gasteiger partial charge is 0.312 e. The van der Waals surface area contributed by atoms with Gasteiger partial charge >= 0.3 is 0 Å².